The molecule has 0 fully saturated rings. The molecule has 0 spiro atoms. The summed E-state index contributed by atoms with van der Waals surface area (Å²) in [6.07, 6.45) is 1.41. The van der Waals surface area contributed by atoms with E-state index >= 15 is 0 Å². The van der Waals surface area contributed by atoms with Gasteiger partial charge >= 0.3 is 0 Å². The van der Waals surface area contributed by atoms with Gasteiger partial charge in [-0.2, -0.15) is 0 Å². The number of hydrogen-bond acceptors (Lipinski definition) is 4. The summed E-state index contributed by atoms with van der Waals surface area (Å²) < 4.78 is 10.9. The topological polar surface area (TPSA) is 80.4 Å². The number of amides is 1. The third-order valence-corrected chi connectivity index (χ3v) is 3.18. The molecule has 2 aromatic rings. The van der Waals surface area contributed by atoms with Crippen molar-refractivity contribution in [2.75, 3.05) is 18.5 Å². The van der Waals surface area contributed by atoms with E-state index in [1.54, 1.807) is 25.1 Å². The van der Waals surface area contributed by atoms with E-state index in [-0.39, 0.29) is 11.5 Å². The third-order valence-electron chi connectivity index (χ3n) is 3.18. The molecule has 108 valence electrons. The second kappa shape index (κ2) is 5.32. The Bertz CT molecular complexity index is 752. The molecule has 0 atom stereocenters. The Hall–Kier alpha value is -2.76. The molecule has 1 aliphatic heterocycles. The molecule has 0 radical (unpaired) electrons. The Morgan fingerprint density at radius 1 is 1.19 bits per heavy atom. The van der Waals surface area contributed by atoms with Crippen molar-refractivity contribution in [2.45, 2.75) is 6.92 Å². The summed E-state index contributed by atoms with van der Waals surface area (Å²) in [6, 6.07) is 6.60. The van der Waals surface area contributed by atoms with Gasteiger partial charge in [-0.15, -0.1) is 0 Å². The number of hydrogen-bond donors (Lipinski definition) is 2. The van der Waals surface area contributed by atoms with Gasteiger partial charge in [-0.1, -0.05) is 0 Å². The molecule has 6 nitrogen and oxygen atoms in total. The summed E-state index contributed by atoms with van der Waals surface area (Å²) >= 11 is 0. The van der Waals surface area contributed by atoms with Crippen LogP contribution in [-0.2, 0) is 0 Å². The molecular weight excluding hydrogens is 272 g/mol. The van der Waals surface area contributed by atoms with Crippen molar-refractivity contribution >= 4 is 11.6 Å². The second-order valence-corrected chi connectivity index (χ2v) is 4.71. The predicted octanol–water partition coefficient (Wildman–Crippen LogP) is 1.71. The third kappa shape index (κ3) is 2.74. The van der Waals surface area contributed by atoms with Crippen molar-refractivity contribution in [1.29, 1.82) is 0 Å². The molecule has 0 saturated carbocycles. The fourth-order valence-corrected chi connectivity index (χ4v) is 2.14. The van der Waals surface area contributed by atoms with Crippen LogP contribution in [0, 0.1) is 6.92 Å². The van der Waals surface area contributed by atoms with Gasteiger partial charge in [-0.05, 0) is 24.6 Å². The van der Waals surface area contributed by atoms with E-state index in [1.165, 1.54) is 12.3 Å². The molecule has 21 heavy (non-hydrogen) atoms. The summed E-state index contributed by atoms with van der Waals surface area (Å²) in [5, 5.41) is 2.77. The molecule has 6 heteroatoms. The molecular formula is C15H14N2O4. The minimum Gasteiger partial charge on any atom is -0.486 e. The lowest BCUT2D eigenvalue weighted by Crippen LogP contribution is -2.18. The zero-order valence-corrected chi connectivity index (χ0v) is 11.4. The van der Waals surface area contributed by atoms with E-state index in [2.05, 4.69) is 10.3 Å². The molecule has 1 aromatic heterocycles. The number of pyridine rings is 1. The molecule has 0 aliphatic carbocycles. The molecule has 2 N–H and O–H groups in total. The van der Waals surface area contributed by atoms with Crippen LogP contribution in [0.15, 0.2) is 35.3 Å². The zero-order chi connectivity index (χ0) is 14.8. The number of nitrogens with one attached hydrogen (secondary N) is 2. The molecule has 3 rings (SSSR count). The van der Waals surface area contributed by atoms with Crippen LogP contribution < -0.4 is 20.3 Å². The van der Waals surface area contributed by atoms with Gasteiger partial charge in [-0.3, -0.25) is 9.59 Å². The van der Waals surface area contributed by atoms with Crippen LogP contribution in [0.4, 0.5) is 5.69 Å². The number of aromatic amines is 1. The smallest absolute Gasteiger partial charge is 0.257 e. The number of H-pyrrole nitrogens is 1. The first-order chi connectivity index (χ1) is 10.1. The second-order valence-electron chi connectivity index (χ2n) is 4.71. The molecule has 1 aromatic carbocycles. The number of benzene rings is 1. The molecule has 0 saturated heterocycles. The zero-order valence-electron chi connectivity index (χ0n) is 11.4. The molecule has 0 unspecified atom stereocenters. The van der Waals surface area contributed by atoms with Crippen molar-refractivity contribution in [3.8, 4) is 11.5 Å². The Morgan fingerprint density at radius 2 is 1.95 bits per heavy atom. The maximum Gasteiger partial charge on any atom is 0.257 e. The Balaban J connectivity index is 1.83. The van der Waals surface area contributed by atoms with E-state index < -0.39 is 0 Å². The molecule has 1 amide bonds. The van der Waals surface area contributed by atoms with Gasteiger partial charge in [0.2, 0.25) is 5.56 Å². The largest absolute Gasteiger partial charge is 0.486 e. The van der Waals surface area contributed by atoms with Crippen LogP contribution in [0.25, 0.3) is 0 Å². The number of carbonyl (C=O) groups is 1. The van der Waals surface area contributed by atoms with Crippen LogP contribution in [0.2, 0.25) is 0 Å². The van der Waals surface area contributed by atoms with Gasteiger partial charge in [0.05, 0.1) is 5.56 Å². The van der Waals surface area contributed by atoms with Crippen LogP contribution in [-0.4, -0.2) is 24.1 Å². The minimum atomic E-state index is -0.291. The fourth-order valence-electron chi connectivity index (χ4n) is 2.14. The maximum absolute atomic E-state index is 12.2. The number of aromatic nitrogens is 1. The average molecular weight is 286 g/mol. The number of ether oxygens (including phenoxy) is 2. The fraction of sp³-hybridized carbons (Fsp3) is 0.200. The highest BCUT2D eigenvalue weighted by atomic mass is 16.6. The van der Waals surface area contributed by atoms with E-state index in [0.717, 1.165) is 0 Å². The first kappa shape index (κ1) is 13.2. The SMILES string of the molecule is Cc1cc(=O)[nH]cc1C(=O)Nc1ccc2c(c1)OCCO2. The number of anilines is 1. The van der Waals surface area contributed by atoms with Crippen molar-refractivity contribution < 1.29 is 14.3 Å². The monoisotopic (exact) mass is 286 g/mol. The van der Waals surface area contributed by atoms with E-state index in [9.17, 15) is 9.59 Å². The summed E-state index contributed by atoms with van der Waals surface area (Å²) in [5.41, 5.74) is 1.41. The summed E-state index contributed by atoms with van der Waals surface area (Å²) in [6.45, 7) is 2.73. The van der Waals surface area contributed by atoms with Crippen LogP contribution in [0.5, 0.6) is 11.5 Å². The van der Waals surface area contributed by atoms with Gasteiger partial charge in [0, 0.05) is 24.0 Å². The Kier molecular flexibility index (Phi) is 3.35. The van der Waals surface area contributed by atoms with Crippen molar-refractivity contribution in [2.24, 2.45) is 0 Å². The molecule has 2 heterocycles. The van der Waals surface area contributed by atoms with Crippen molar-refractivity contribution in [3.05, 3.63) is 51.9 Å². The van der Waals surface area contributed by atoms with Gasteiger partial charge in [0.25, 0.3) is 5.91 Å². The van der Waals surface area contributed by atoms with Crippen LogP contribution in [0.3, 0.4) is 0 Å². The first-order valence-electron chi connectivity index (χ1n) is 6.54. The summed E-state index contributed by atoms with van der Waals surface area (Å²) in [4.78, 5) is 25.9. The number of carbonyl (C=O) groups excluding carboxylic acids is 1. The minimum absolute atomic E-state index is 0.233. The van der Waals surface area contributed by atoms with E-state index in [1.807, 2.05) is 0 Å². The lowest BCUT2D eigenvalue weighted by molar-refractivity contribution is 0.102. The standard InChI is InChI=1S/C15H14N2O4/c1-9-6-14(18)16-8-11(9)15(19)17-10-2-3-12-13(7-10)21-5-4-20-12/h2-3,6-8H,4-5H2,1H3,(H,16,18)(H,17,19). The van der Waals surface area contributed by atoms with Crippen molar-refractivity contribution in [1.82, 2.24) is 4.98 Å². The van der Waals surface area contributed by atoms with Crippen LogP contribution >= 0.6 is 0 Å². The number of rotatable bonds is 2. The van der Waals surface area contributed by atoms with E-state index in [4.69, 9.17) is 9.47 Å². The highest BCUT2D eigenvalue weighted by Crippen LogP contribution is 2.32. The Morgan fingerprint density at radius 3 is 2.71 bits per heavy atom. The van der Waals surface area contributed by atoms with E-state index in [0.29, 0.717) is 41.5 Å². The lowest BCUT2D eigenvalue weighted by atomic mass is 10.1. The molecule has 1 aliphatic rings. The molecule has 0 bridgehead atoms. The normalized spacial score (nSPS) is 12.8. The Labute approximate surface area is 120 Å². The lowest BCUT2D eigenvalue weighted by Gasteiger charge is -2.19. The van der Waals surface area contributed by atoms with Gasteiger partial charge in [0.1, 0.15) is 13.2 Å². The maximum atomic E-state index is 12.2. The van der Waals surface area contributed by atoms with Crippen LogP contribution in [0.1, 0.15) is 15.9 Å². The van der Waals surface area contributed by atoms with Crippen molar-refractivity contribution in [3.63, 3.8) is 0 Å². The first-order valence-corrected chi connectivity index (χ1v) is 6.54. The quantitative estimate of drug-likeness (QED) is 0.880. The summed E-state index contributed by atoms with van der Waals surface area (Å²) in [7, 11) is 0. The highest BCUT2D eigenvalue weighted by Gasteiger charge is 2.14. The predicted molar refractivity (Wildman–Crippen MR) is 77.2 cm³/mol. The number of aryl methyl sites for hydroxylation is 1. The number of fused-ring (bicyclic) bond motifs is 1. The van der Waals surface area contributed by atoms with Gasteiger partial charge < -0.3 is 19.8 Å². The average Bonchev–Trinajstić information content (AvgIpc) is 2.47. The highest BCUT2D eigenvalue weighted by molar-refractivity contribution is 6.05. The van der Waals surface area contributed by atoms with Gasteiger partial charge in [-0.25, -0.2) is 0 Å². The van der Waals surface area contributed by atoms with Gasteiger partial charge in [0.15, 0.2) is 11.5 Å². The summed E-state index contributed by atoms with van der Waals surface area (Å²) in [5.74, 6) is 0.983.